The quantitative estimate of drug-likeness (QED) is 0.668. The highest BCUT2D eigenvalue weighted by molar-refractivity contribution is 7.09. The van der Waals surface area contributed by atoms with E-state index >= 15 is 0 Å². The lowest BCUT2D eigenvalue weighted by Gasteiger charge is -2.07. The zero-order chi connectivity index (χ0) is 8.10. The second kappa shape index (κ2) is 4.52. The van der Waals surface area contributed by atoms with Gasteiger partial charge in [-0.25, -0.2) is 0 Å². The Morgan fingerprint density at radius 3 is 2.82 bits per heavy atom. The number of aryl methyl sites for hydroxylation is 1. The van der Waals surface area contributed by atoms with Crippen molar-refractivity contribution in [2.24, 2.45) is 0 Å². The molecule has 1 aromatic rings. The van der Waals surface area contributed by atoms with Crippen LogP contribution in [-0.4, -0.2) is 25.5 Å². The van der Waals surface area contributed by atoms with Gasteiger partial charge in [-0.3, -0.25) is 0 Å². The molecule has 0 aliphatic rings. The van der Waals surface area contributed by atoms with Crippen molar-refractivity contribution in [1.82, 2.24) is 4.90 Å². The van der Waals surface area contributed by atoms with E-state index in [1.165, 1.54) is 24.3 Å². The number of rotatable bonds is 4. The average molecular weight is 169 g/mol. The lowest BCUT2D eigenvalue weighted by atomic mass is 10.2. The molecule has 0 amide bonds. The largest absolute Gasteiger partial charge is 0.309 e. The van der Waals surface area contributed by atoms with Crippen molar-refractivity contribution in [3.8, 4) is 0 Å². The lowest BCUT2D eigenvalue weighted by molar-refractivity contribution is 0.401. The van der Waals surface area contributed by atoms with Gasteiger partial charge in [0.15, 0.2) is 0 Å². The number of thiophene rings is 1. The fourth-order valence-electron chi connectivity index (χ4n) is 1.02. The van der Waals surface area contributed by atoms with E-state index in [4.69, 9.17) is 0 Å². The molecule has 1 nitrogen and oxygen atoms in total. The topological polar surface area (TPSA) is 3.24 Å². The molecule has 0 radical (unpaired) electrons. The fourth-order valence-corrected chi connectivity index (χ4v) is 1.78. The molecule has 0 saturated heterocycles. The highest BCUT2D eigenvalue weighted by Gasteiger charge is 1.94. The maximum atomic E-state index is 2.23. The van der Waals surface area contributed by atoms with E-state index in [1.807, 2.05) is 11.3 Å². The van der Waals surface area contributed by atoms with Crippen LogP contribution in [-0.2, 0) is 6.42 Å². The van der Waals surface area contributed by atoms with Gasteiger partial charge in [0, 0.05) is 4.88 Å². The zero-order valence-corrected chi connectivity index (χ0v) is 8.03. The molecule has 11 heavy (non-hydrogen) atoms. The minimum absolute atomic E-state index is 1.19. The van der Waals surface area contributed by atoms with Crippen LogP contribution >= 0.6 is 11.3 Å². The van der Waals surface area contributed by atoms with Crippen molar-refractivity contribution in [3.63, 3.8) is 0 Å². The predicted molar refractivity (Wildman–Crippen MR) is 51.2 cm³/mol. The van der Waals surface area contributed by atoms with Gasteiger partial charge in [0.25, 0.3) is 0 Å². The summed E-state index contributed by atoms with van der Waals surface area (Å²) in [5, 5.41) is 2.14. The van der Waals surface area contributed by atoms with E-state index in [0.29, 0.717) is 0 Å². The molecule has 0 aliphatic heterocycles. The van der Waals surface area contributed by atoms with Gasteiger partial charge in [0.05, 0.1) is 0 Å². The number of hydrogen-bond acceptors (Lipinski definition) is 2. The van der Waals surface area contributed by atoms with Gasteiger partial charge < -0.3 is 4.90 Å². The Labute approximate surface area is 72.7 Å². The molecule has 1 rings (SSSR count). The monoisotopic (exact) mass is 169 g/mol. The summed E-state index contributed by atoms with van der Waals surface area (Å²) >= 11 is 1.86. The summed E-state index contributed by atoms with van der Waals surface area (Å²) in [6.07, 6.45) is 2.50. The van der Waals surface area contributed by atoms with Crippen LogP contribution in [0.1, 0.15) is 11.3 Å². The summed E-state index contributed by atoms with van der Waals surface area (Å²) < 4.78 is 0. The molecule has 0 saturated carbocycles. The summed E-state index contributed by atoms with van der Waals surface area (Å²) in [5.41, 5.74) is 0. The average Bonchev–Trinajstić information content (AvgIpc) is 2.39. The van der Waals surface area contributed by atoms with Crippen LogP contribution in [0.2, 0.25) is 0 Å². The molecule has 0 N–H and O–H groups in total. The van der Waals surface area contributed by atoms with E-state index in [1.54, 1.807) is 0 Å². The van der Waals surface area contributed by atoms with Crippen LogP contribution in [0.3, 0.4) is 0 Å². The summed E-state index contributed by atoms with van der Waals surface area (Å²) in [4.78, 5) is 3.74. The highest BCUT2D eigenvalue weighted by Crippen LogP contribution is 2.10. The predicted octanol–water partition coefficient (Wildman–Crippen LogP) is 2.24. The molecular formula is C9H15NS. The maximum absolute atomic E-state index is 2.23. The maximum Gasteiger partial charge on any atom is 0.00457 e. The van der Waals surface area contributed by atoms with Gasteiger partial charge in [0.2, 0.25) is 0 Å². The summed E-state index contributed by atoms with van der Waals surface area (Å²) in [6.45, 7) is 1.19. The summed E-state index contributed by atoms with van der Waals surface area (Å²) in [6, 6.07) is 4.33. The molecule has 0 spiro atoms. The van der Waals surface area contributed by atoms with Crippen molar-refractivity contribution < 1.29 is 0 Å². The molecule has 2 heteroatoms. The van der Waals surface area contributed by atoms with Gasteiger partial charge in [-0.2, -0.15) is 0 Å². The third-order valence-electron chi connectivity index (χ3n) is 1.61. The first kappa shape index (κ1) is 8.75. The van der Waals surface area contributed by atoms with Crippen LogP contribution in [0, 0.1) is 0 Å². The first-order chi connectivity index (χ1) is 5.29. The lowest BCUT2D eigenvalue weighted by Crippen LogP contribution is -2.13. The van der Waals surface area contributed by atoms with E-state index in [9.17, 15) is 0 Å². The molecular weight excluding hydrogens is 154 g/mol. The molecule has 0 aliphatic carbocycles. The van der Waals surface area contributed by atoms with E-state index in [0.717, 1.165) is 0 Å². The van der Waals surface area contributed by atoms with Crippen LogP contribution in [0.25, 0.3) is 0 Å². The SMILES string of the molecule is CN(C)CCCc1cccs1. The third-order valence-corrected chi connectivity index (χ3v) is 2.54. The van der Waals surface area contributed by atoms with Gasteiger partial charge in [0.1, 0.15) is 0 Å². The molecule has 0 atom stereocenters. The first-order valence-electron chi connectivity index (χ1n) is 3.96. The van der Waals surface area contributed by atoms with Crippen molar-refractivity contribution in [3.05, 3.63) is 22.4 Å². The molecule has 1 aromatic heterocycles. The molecule has 0 fully saturated rings. The minimum Gasteiger partial charge on any atom is -0.309 e. The Kier molecular flexibility index (Phi) is 3.60. The Balaban J connectivity index is 2.14. The van der Waals surface area contributed by atoms with Gasteiger partial charge >= 0.3 is 0 Å². The van der Waals surface area contributed by atoms with Gasteiger partial charge in [-0.1, -0.05) is 6.07 Å². The Hall–Kier alpha value is -0.340. The Morgan fingerprint density at radius 2 is 2.27 bits per heavy atom. The van der Waals surface area contributed by atoms with E-state index < -0.39 is 0 Å². The Morgan fingerprint density at radius 1 is 1.45 bits per heavy atom. The molecule has 0 bridgehead atoms. The number of nitrogens with zero attached hydrogens (tertiary/aromatic N) is 1. The Bertz CT molecular complexity index is 179. The van der Waals surface area contributed by atoms with Crippen molar-refractivity contribution in [2.45, 2.75) is 12.8 Å². The van der Waals surface area contributed by atoms with Crippen LogP contribution < -0.4 is 0 Å². The molecule has 1 heterocycles. The highest BCUT2D eigenvalue weighted by atomic mass is 32.1. The summed E-state index contributed by atoms with van der Waals surface area (Å²) in [5.74, 6) is 0. The molecule has 0 aromatic carbocycles. The van der Waals surface area contributed by atoms with E-state index in [-0.39, 0.29) is 0 Å². The van der Waals surface area contributed by atoms with Crippen molar-refractivity contribution >= 4 is 11.3 Å². The van der Waals surface area contributed by atoms with Crippen LogP contribution in [0.15, 0.2) is 17.5 Å². The second-order valence-electron chi connectivity index (χ2n) is 2.99. The van der Waals surface area contributed by atoms with Crippen molar-refractivity contribution in [1.29, 1.82) is 0 Å². The van der Waals surface area contributed by atoms with Crippen LogP contribution in [0.4, 0.5) is 0 Å². The smallest absolute Gasteiger partial charge is 0.00457 e. The zero-order valence-electron chi connectivity index (χ0n) is 7.21. The fraction of sp³-hybridized carbons (Fsp3) is 0.556. The summed E-state index contributed by atoms with van der Waals surface area (Å²) in [7, 11) is 4.24. The third kappa shape index (κ3) is 3.54. The van der Waals surface area contributed by atoms with Gasteiger partial charge in [-0.05, 0) is 44.9 Å². The minimum atomic E-state index is 1.19. The second-order valence-corrected chi connectivity index (χ2v) is 4.02. The van der Waals surface area contributed by atoms with Crippen LogP contribution in [0.5, 0.6) is 0 Å². The van der Waals surface area contributed by atoms with E-state index in [2.05, 4.69) is 36.5 Å². The molecule has 62 valence electrons. The van der Waals surface area contributed by atoms with Crippen molar-refractivity contribution in [2.75, 3.05) is 20.6 Å². The van der Waals surface area contributed by atoms with Gasteiger partial charge in [-0.15, -0.1) is 11.3 Å². The molecule has 0 unspecified atom stereocenters. The standard InChI is InChI=1S/C9H15NS/c1-10(2)7-3-5-9-6-4-8-11-9/h4,6,8H,3,5,7H2,1-2H3. The first-order valence-corrected chi connectivity index (χ1v) is 4.84. The number of hydrogen-bond donors (Lipinski definition) is 0. The normalized spacial score (nSPS) is 10.8.